The minimum atomic E-state index is 0.425. The quantitative estimate of drug-likeness (QED) is 0.795. The minimum Gasteiger partial charge on any atom is -0.384 e. The van der Waals surface area contributed by atoms with E-state index in [0.29, 0.717) is 16.8 Å². The van der Waals surface area contributed by atoms with Gasteiger partial charge >= 0.3 is 0 Å². The van der Waals surface area contributed by atoms with Gasteiger partial charge < -0.3 is 9.64 Å². The predicted octanol–water partition coefficient (Wildman–Crippen LogP) is 3.34. The standard InChI is InChI=1S/C13H18Cl2N2O/c1-18-9-10-2-4-17(5-3-10)13-6-11(7-14)12(15)8-16-13/h6,8,10H,2-5,7,9H2,1H3. The molecule has 0 aliphatic carbocycles. The Labute approximate surface area is 118 Å². The van der Waals surface area contributed by atoms with Gasteiger partial charge in [-0.05, 0) is 30.4 Å². The maximum atomic E-state index is 6.02. The number of rotatable bonds is 4. The molecule has 100 valence electrons. The second-order valence-corrected chi connectivity index (χ2v) is 5.33. The highest BCUT2D eigenvalue weighted by molar-refractivity contribution is 6.32. The van der Waals surface area contributed by atoms with Gasteiger partial charge in [-0.25, -0.2) is 4.98 Å². The summed E-state index contributed by atoms with van der Waals surface area (Å²) in [5, 5.41) is 0.642. The summed E-state index contributed by atoms with van der Waals surface area (Å²) in [7, 11) is 1.76. The number of aromatic nitrogens is 1. The van der Waals surface area contributed by atoms with Crippen molar-refractivity contribution in [2.24, 2.45) is 5.92 Å². The van der Waals surface area contributed by atoms with Gasteiger partial charge in [-0.1, -0.05) is 11.6 Å². The lowest BCUT2D eigenvalue weighted by Crippen LogP contribution is -2.35. The Hall–Kier alpha value is -0.510. The van der Waals surface area contributed by atoms with E-state index in [-0.39, 0.29) is 0 Å². The first-order chi connectivity index (χ1) is 8.74. The van der Waals surface area contributed by atoms with E-state index in [4.69, 9.17) is 27.9 Å². The Morgan fingerprint density at radius 2 is 2.17 bits per heavy atom. The number of halogens is 2. The fraction of sp³-hybridized carbons (Fsp3) is 0.615. The summed E-state index contributed by atoms with van der Waals surface area (Å²) in [5.41, 5.74) is 0.947. The molecule has 1 aromatic rings. The largest absolute Gasteiger partial charge is 0.384 e. The highest BCUT2D eigenvalue weighted by atomic mass is 35.5. The van der Waals surface area contributed by atoms with Gasteiger partial charge in [0.05, 0.1) is 5.02 Å². The Morgan fingerprint density at radius 3 is 2.78 bits per heavy atom. The first-order valence-corrected chi connectivity index (χ1v) is 7.10. The molecule has 5 heteroatoms. The topological polar surface area (TPSA) is 25.4 Å². The van der Waals surface area contributed by atoms with Crippen molar-refractivity contribution in [1.82, 2.24) is 4.98 Å². The molecule has 1 aromatic heterocycles. The van der Waals surface area contributed by atoms with Gasteiger partial charge in [0.2, 0.25) is 0 Å². The monoisotopic (exact) mass is 288 g/mol. The number of pyridine rings is 1. The number of piperidine rings is 1. The van der Waals surface area contributed by atoms with Crippen LogP contribution in [-0.4, -0.2) is 31.8 Å². The molecule has 18 heavy (non-hydrogen) atoms. The van der Waals surface area contributed by atoms with Gasteiger partial charge in [0.25, 0.3) is 0 Å². The second kappa shape index (κ2) is 6.60. The van der Waals surface area contributed by atoms with Crippen LogP contribution in [0.2, 0.25) is 5.02 Å². The third kappa shape index (κ3) is 3.28. The van der Waals surface area contributed by atoms with Gasteiger partial charge in [0.15, 0.2) is 0 Å². The molecule has 1 fully saturated rings. The lowest BCUT2D eigenvalue weighted by atomic mass is 9.98. The molecule has 0 radical (unpaired) electrons. The van der Waals surface area contributed by atoms with Crippen LogP contribution in [0.25, 0.3) is 0 Å². The molecule has 2 rings (SSSR count). The van der Waals surface area contributed by atoms with Gasteiger partial charge in [-0.3, -0.25) is 0 Å². The van der Waals surface area contributed by atoms with Crippen molar-refractivity contribution in [2.75, 3.05) is 31.7 Å². The molecule has 0 spiro atoms. The number of hydrogen-bond donors (Lipinski definition) is 0. The van der Waals surface area contributed by atoms with Gasteiger partial charge in [-0.2, -0.15) is 0 Å². The summed E-state index contributed by atoms with van der Waals surface area (Å²) in [6.45, 7) is 2.89. The summed E-state index contributed by atoms with van der Waals surface area (Å²) in [6.07, 6.45) is 3.98. The van der Waals surface area contributed by atoms with Gasteiger partial charge in [0, 0.05) is 38.9 Å². The molecule has 0 N–H and O–H groups in total. The summed E-state index contributed by atoms with van der Waals surface area (Å²) < 4.78 is 5.21. The highest BCUT2D eigenvalue weighted by Crippen LogP contribution is 2.25. The molecule has 0 amide bonds. The van der Waals surface area contributed by atoms with Crippen molar-refractivity contribution in [3.05, 3.63) is 22.8 Å². The van der Waals surface area contributed by atoms with Crippen LogP contribution in [0.1, 0.15) is 18.4 Å². The molecule has 0 unspecified atom stereocenters. The van der Waals surface area contributed by atoms with Crippen LogP contribution in [0, 0.1) is 5.92 Å². The lowest BCUT2D eigenvalue weighted by Gasteiger charge is -2.32. The maximum Gasteiger partial charge on any atom is 0.128 e. The van der Waals surface area contributed by atoms with Crippen LogP contribution >= 0.6 is 23.2 Å². The molecule has 1 aliphatic heterocycles. The van der Waals surface area contributed by atoms with E-state index in [2.05, 4.69) is 9.88 Å². The average molecular weight is 289 g/mol. The van der Waals surface area contributed by atoms with Gasteiger partial charge in [0.1, 0.15) is 5.82 Å². The molecule has 0 saturated carbocycles. The summed E-state index contributed by atoms with van der Waals surface area (Å²) in [6, 6.07) is 1.99. The smallest absolute Gasteiger partial charge is 0.128 e. The highest BCUT2D eigenvalue weighted by Gasteiger charge is 2.20. The van der Waals surface area contributed by atoms with E-state index in [9.17, 15) is 0 Å². The molecular weight excluding hydrogens is 271 g/mol. The van der Waals surface area contributed by atoms with E-state index >= 15 is 0 Å². The predicted molar refractivity (Wildman–Crippen MR) is 75.6 cm³/mol. The Kier molecular flexibility index (Phi) is 5.10. The SMILES string of the molecule is COCC1CCN(c2cc(CCl)c(Cl)cn2)CC1. The fourth-order valence-corrected chi connectivity index (χ4v) is 2.77. The number of methoxy groups -OCH3 is 1. The van der Waals surface area contributed by atoms with Crippen LogP contribution in [0.4, 0.5) is 5.82 Å². The number of anilines is 1. The zero-order valence-corrected chi connectivity index (χ0v) is 12.0. The molecular formula is C13H18Cl2N2O. The minimum absolute atomic E-state index is 0.425. The summed E-state index contributed by atoms with van der Waals surface area (Å²) in [5.74, 6) is 2.08. The van der Waals surface area contributed by atoms with E-state index in [0.717, 1.165) is 43.9 Å². The number of alkyl halides is 1. The Balaban J connectivity index is 2.01. The van der Waals surface area contributed by atoms with E-state index in [1.165, 1.54) is 0 Å². The molecule has 3 nitrogen and oxygen atoms in total. The van der Waals surface area contributed by atoms with Crippen molar-refractivity contribution < 1.29 is 4.74 Å². The number of nitrogens with zero attached hydrogens (tertiary/aromatic N) is 2. The molecule has 0 aromatic carbocycles. The summed E-state index contributed by atoms with van der Waals surface area (Å²) >= 11 is 11.9. The van der Waals surface area contributed by atoms with Crippen LogP contribution in [0.15, 0.2) is 12.3 Å². The van der Waals surface area contributed by atoms with E-state index < -0.39 is 0 Å². The van der Waals surface area contributed by atoms with E-state index in [1.807, 2.05) is 6.07 Å². The second-order valence-electron chi connectivity index (χ2n) is 4.65. The summed E-state index contributed by atoms with van der Waals surface area (Å²) in [4.78, 5) is 6.68. The first-order valence-electron chi connectivity index (χ1n) is 6.19. The first kappa shape index (κ1) is 13.9. The zero-order valence-electron chi connectivity index (χ0n) is 10.5. The fourth-order valence-electron chi connectivity index (χ4n) is 2.31. The third-order valence-corrected chi connectivity index (χ3v) is 4.03. The van der Waals surface area contributed by atoms with Crippen LogP contribution < -0.4 is 4.90 Å². The Bertz CT molecular complexity index is 393. The van der Waals surface area contributed by atoms with Gasteiger partial charge in [-0.15, -0.1) is 11.6 Å². The number of ether oxygens (including phenoxy) is 1. The third-order valence-electron chi connectivity index (χ3n) is 3.41. The van der Waals surface area contributed by atoms with Crippen molar-refractivity contribution in [2.45, 2.75) is 18.7 Å². The maximum absolute atomic E-state index is 6.02. The molecule has 0 bridgehead atoms. The Morgan fingerprint density at radius 1 is 1.44 bits per heavy atom. The van der Waals surface area contributed by atoms with Crippen molar-refractivity contribution >= 4 is 29.0 Å². The van der Waals surface area contributed by atoms with Crippen LogP contribution in [0.3, 0.4) is 0 Å². The molecule has 0 atom stereocenters. The zero-order chi connectivity index (χ0) is 13.0. The van der Waals surface area contributed by atoms with Crippen LogP contribution in [-0.2, 0) is 10.6 Å². The number of hydrogen-bond acceptors (Lipinski definition) is 3. The van der Waals surface area contributed by atoms with Crippen molar-refractivity contribution in [3.8, 4) is 0 Å². The van der Waals surface area contributed by atoms with Crippen molar-refractivity contribution in [1.29, 1.82) is 0 Å². The van der Waals surface area contributed by atoms with E-state index in [1.54, 1.807) is 13.3 Å². The molecule has 1 saturated heterocycles. The normalized spacial score (nSPS) is 17.2. The average Bonchev–Trinajstić information content (AvgIpc) is 2.41. The van der Waals surface area contributed by atoms with Crippen LogP contribution in [0.5, 0.6) is 0 Å². The van der Waals surface area contributed by atoms with Crippen molar-refractivity contribution in [3.63, 3.8) is 0 Å². The molecule has 1 aliphatic rings. The lowest BCUT2D eigenvalue weighted by molar-refractivity contribution is 0.139. The molecule has 2 heterocycles.